The minimum Gasteiger partial charge on any atom is -0.481 e. The van der Waals surface area contributed by atoms with Gasteiger partial charge in [-0.05, 0) is 25.1 Å². The largest absolute Gasteiger partial charge is 0.481 e. The highest BCUT2D eigenvalue weighted by Crippen LogP contribution is 2.20. The van der Waals surface area contributed by atoms with Crippen molar-refractivity contribution >= 4 is 23.4 Å². The highest BCUT2D eigenvalue weighted by Gasteiger charge is 2.11. The molecular weight excluding hydrogens is 284 g/mol. The van der Waals surface area contributed by atoms with Crippen LogP contribution in [0.4, 0.5) is 5.69 Å². The summed E-state index contributed by atoms with van der Waals surface area (Å²) in [5.41, 5.74) is 1.97. The van der Waals surface area contributed by atoms with Crippen molar-refractivity contribution < 1.29 is 9.53 Å². The van der Waals surface area contributed by atoms with Gasteiger partial charge in [0.15, 0.2) is 0 Å². The van der Waals surface area contributed by atoms with Gasteiger partial charge in [0.05, 0.1) is 24.7 Å². The van der Waals surface area contributed by atoms with Crippen LogP contribution >= 0.6 is 11.8 Å². The predicted octanol–water partition coefficient (Wildman–Crippen LogP) is 3.15. The highest BCUT2D eigenvalue weighted by atomic mass is 32.2. The first-order valence-electron chi connectivity index (χ1n) is 6.56. The third kappa shape index (κ3) is 4.23. The standard InChI is InChI=1S/C16H18N2O2S/c1-12-4-7-14(8-5-12)21-11-16(19)18(2)13-6-9-15(20-3)17-10-13/h4-10H,11H2,1-3H3. The molecule has 0 saturated carbocycles. The van der Waals surface area contributed by atoms with E-state index >= 15 is 0 Å². The number of methoxy groups -OCH3 is 1. The SMILES string of the molecule is COc1ccc(N(C)C(=O)CSc2ccc(C)cc2)cn1. The Bertz CT molecular complexity index is 597. The fraction of sp³-hybridized carbons (Fsp3) is 0.250. The Morgan fingerprint density at radius 2 is 1.95 bits per heavy atom. The summed E-state index contributed by atoms with van der Waals surface area (Å²) in [7, 11) is 3.32. The lowest BCUT2D eigenvalue weighted by atomic mass is 10.2. The number of amides is 1. The molecule has 4 nitrogen and oxygen atoms in total. The summed E-state index contributed by atoms with van der Waals surface area (Å²) in [6.45, 7) is 2.05. The van der Waals surface area contributed by atoms with Crippen LogP contribution in [0.1, 0.15) is 5.56 Å². The van der Waals surface area contributed by atoms with Crippen LogP contribution in [0.5, 0.6) is 5.88 Å². The van der Waals surface area contributed by atoms with Crippen LogP contribution in [0.15, 0.2) is 47.5 Å². The normalized spacial score (nSPS) is 10.2. The van der Waals surface area contributed by atoms with Gasteiger partial charge in [-0.1, -0.05) is 17.7 Å². The monoisotopic (exact) mass is 302 g/mol. The van der Waals surface area contributed by atoms with Gasteiger partial charge >= 0.3 is 0 Å². The number of hydrogen-bond donors (Lipinski definition) is 0. The van der Waals surface area contributed by atoms with Crippen LogP contribution in [0.2, 0.25) is 0 Å². The van der Waals surface area contributed by atoms with E-state index < -0.39 is 0 Å². The van der Waals surface area contributed by atoms with E-state index in [1.165, 1.54) is 17.3 Å². The Morgan fingerprint density at radius 3 is 2.52 bits per heavy atom. The van der Waals surface area contributed by atoms with E-state index in [1.54, 1.807) is 31.3 Å². The zero-order valence-corrected chi connectivity index (χ0v) is 13.2. The number of aryl methyl sites for hydroxylation is 1. The van der Waals surface area contributed by atoms with Crippen LogP contribution in [0.25, 0.3) is 0 Å². The van der Waals surface area contributed by atoms with Crippen molar-refractivity contribution in [2.24, 2.45) is 0 Å². The van der Waals surface area contributed by atoms with Crippen molar-refractivity contribution in [1.82, 2.24) is 4.98 Å². The molecule has 110 valence electrons. The number of nitrogens with zero attached hydrogens (tertiary/aromatic N) is 2. The second kappa shape index (κ2) is 7.13. The fourth-order valence-corrected chi connectivity index (χ4v) is 2.52. The van der Waals surface area contributed by atoms with Gasteiger partial charge in [-0.15, -0.1) is 11.8 Å². The summed E-state index contributed by atoms with van der Waals surface area (Å²) >= 11 is 1.53. The average Bonchev–Trinajstić information content (AvgIpc) is 2.53. The third-order valence-electron chi connectivity index (χ3n) is 3.07. The molecule has 0 aliphatic carbocycles. The molecule has 5 heteroatoms. The zero-order chi connectivity index (χ0) is 15.2. The van der Waals surface area contributed by atoms with Crippen molar-refractivity contribution in [3.05, 3.63) is 48.2 Å². The number of ether oxygens (including phenoxy) is 1. The first-order chi connectivity index (χ1) is 10.1. The maximum absolute atomic E-state index is 12.2. The summed E-state index contributed by atoms with van der Waals surface area (Å²) in [5.74, 6) is 0.965. The maximum Gasteiger partial charge on any atom is 0.237 e. The van der Waals surface area contributed by atoms with Crippen LogP contribution < -0.4 is 9.64 Å². The number of carbonyl (C=O) groups excluding carboxylic acids is 1. The molecule has 0 unspecified atom stereocenters. The van der Waals surface area contributed by atoms with Gasteiger partial charge in [-0.3, -0.25) is 4.79 Å². The van der Waals surface area contributed by atoms with Gasteiger partial charge in [0, 0.05) is 18.0 Å². The van der Waals surface area contributed by atoms with Gasteiger partial charge in [-0.2, -0.15) is 0 Å². The van der Waals surface area contributed by atoms with Crippen molar-refractivity contribution in [2.45, 2.75) is 11.8 Å². The molecule has 21 heavy (non-hydrogen) atoms. The van der Waals surface area contributed by atoms with E-state index in [9.17, 15) is 4.79 Å². The first-order valence-corrected chi connectivity index (χ1v) is 7.55. The molecule has 0 radical (unpaired) electrons. The summed E-state index contributed by atoms with van der Waals surface area (Å²) in [6, 6.07) is 11.7. The number of benzene rings is 1. The molecule has 0 bridgehead atoms. The van der Waals surface area contributed by atoms with Crippen molar-refractivity contribution in [1.29, 1.82) is 0 Å². The summed E-state index contributed by atoms with van der Waals surface area (Å²) < 4.78 is 5.01. The van der Waals surface area contributed by atoms with E-state index in [0.717, 1.165) is 10.6 Å². The Kier molecular flexibility index (Phi) is 5.22. The number of pyridine rings is 1. The van der Waals surface area contributed by atoms with Gasteiger partial charge in [0.1, 0.15) is 0 Å². The number of anilines is 1. The second-order valence-electron chi connectivity index (χ2n) is 4.61. The fourth-order valence-electron chi connectivity index (χ4n) is 1.71. The molecule has 0 spiro atoms. The number of aromatic nitrogens is 1. The van der Waals surface area contributed by atoms with Crippen molar-refractivity contribution in [3.63, 3.8) is 0 Å². The molecule has 0 aliphatic rings. The minimum atomic E-state index is 0.0348. The third-order valence-corrected chi connectivity index (χ3v) is 4.07. The molecule has 2 rings (SSSR count). The Hall–Kier alpha value is -2.01. The lowest BCUT2D eigenvalue weighted by Crippen LogP contribution is -2.27. The smallest absolute Gasteiger partial charge is 0.237 e. The van der Waals surface area contributed by atoms with Crippen LogP contribution in [-0.2, 0) is 4.79 Å². The molecule has 0 atom stereocenters. The molecule has 1 heterocycles. The molecule has 2 aromatic rings. The van der Waals surface area contributed by atoms with Gasteiger partial charge in [-0.25, -0.2) is 4.98 Å². The average molecular weight is 302 g/mol. The quantitative estimate of drug-likeness (QED) is 0.796. The summed E-state index contributed by atoms with van der Waals surface area (Å²) in [5, 5.41) is 0. The molecule has 0 aliphatic heterocycles. The lowest BCUT2D eigenvalue weighted by molar-refractivity contribution is -0.115. The van der Waals surface area contributed by atoms with E-state index in [4.69, 9.17) is 4.74 Å². The number of rotatable bonds is 5. The first kappa shape index (κ1) is 15.4. The van der Waals surface area contributed by atoms with Gasteiger partial charge < -0.3 is 9.64 Å². The van der Waals surface area contributed by atoms with E-state index in [0.29, 0.717) is 11.6 Å². The predicted molar refractivity (Wildman–Crippen MR) is 86.1 cm³/mol. The van der Waals surface area contributed by atoms with E-state index in [2.05, 4.69) is 4.98 Å². The zero-order valence-electron chi connectivity index (χ0n) is 12.4. The highest BCUT2D eigenvalue weighted by molar-refractivity contribution is 8.00. The molecule has 0 N–H and O–H groups in total. The minimum absolute atomic E-state index is 0.0348. The molecule has 1 aromatic carbocycles. The second-order valence-corrected chi connectivity index (χ2v) is 5.66. The molecular formula is C16H18N2O2S. The van der Waals surface area contributed by atoms with Crippen LogP contribution in [-0.4, -0.2) is 30.8 Å². The Morgan fingerprint density at radius 1 is 1.24 bits per heavy atom. The summed E-state index contributed by atoms with van der Waals surface area (Å²) in [4.78, 5) is 19.0. The number of hydrogen-bond acceptors (Lipinski definition) is 4. The van der Waals surface area contributed by atoms with Crippen molar-refractivity contribution in [2.75, 3.05) is 24.8 Å². The van der Waals surface area contributed by atoms with Crippen LogP contribution in [0, 0.1) is 6.92 Å². The Labute approximate surface area is 129 Å². The summed E-state index contributed by atoms with van der Waals surface area (Å²) in [6.07, 6.45) is 1.63. The topological polar surface area (TPSA) is 42.4 Å². The molecule has 0 saturated heterocycles. The molecule has 1 amide bonds. The van der Waals surface area contributed by atoms with Crippen molar-refractivity contribution in [3.8, 4) is 5.88 Å². The number of carbonyl (C=O) groups is 1. The van der Waals surface area contributed by atoms with E-state index in [1.807, 2.05) is 37.3 Å². The van der Waals surface area contributed by atoms with Gasteiger partial charge in [0.25, 0.3) is 0 Å². The maximum atomic E-state index is 12.2. The van der Waals surface area contributed by atoms with Gasteiger partial charge in [0.2, 0.25) is 11.8 Å². The molecule has 0 fully saturated rings. The van der Waals surface area contributed by atoms with E-state index in [-0.39, 0.29) is 5.91 Å². The Balaban J connectivity index is 1.93. The molecule has 1 aromatic heterocycles. The lowest BCUT2D eigenvalue weighted by Gasteiger charge is -2.17. The van der Waals surface area contributed by atoms with Crippen LogP contribution in [0.3, 0.4) is 0 Å². The number of thioether (sulfide) groups is 1.